The highest BCUT2D eigenvalue weighted by atomic mass is 32.5. The molecule has 6 N–H and O–H groups in total. The third kappa shape index (κ3) is 6.50. The summed E-state index contributed by atoms with van der Waals surface area (Å²) in [6, 6.07) is 0. The molecular formula is C12H16FN2O12P3S. The second kappa shape index (κ2) is 9.09. The standard InChI is InChI=1S/C12H16FN2O12P3S/c1-3-12(13)10(17)8(25-11(12)15-5-4-9(16)14-7(15)2)6-24-30(23,31)27-29(21,22)26-28(18,19)20/h1,4-5,8,10-11,17H,2,6H2,(H,14,16)(H,21,22)(H,23,31)(H2,18,19,20)/t8-,10-,11-,12-,30+/m1/s1. The van der Waals surface area contributed by atoms with Gasteiger partial charge in [-0.15, -0.1) is 6.42 Å². The Bertz CT molecular complexity index is 980. The molecule has 0 bridgehead atoms. The van der Waals surface area contributed by atoms with Gasteiger partial charge in [0.2, 0.25) is 5.67 Å². The Balaban J connectivity index is 2.13. The van der Waals surface area contributed by atoms with Crippen LogP contribution >= 0.6 is 22.4 Å². The van der Waals surface area contributed by atoms with Gasteiger partial charge in [0.25, 0.3) is 5.91 Å². The molecule has 2 heterocycles. The molecule has 1 saturated heterocycles. The predicted octanol–water partition coefficient (Wildman–Crippen LogP) is -0.710. The number of halogens is 1. The molecule has 0 aliphatic carbocycles. The average Bonchev–Trinajstić information content (AvgIpc) is 2.82. The number of aliphatic hydroxyl groups excluding tert-OH is 1. The van der Waals surface area contributed by atoms with E-state index in [2.05, 4.69) is 32.3 Å². The van der Waals surface area contributed by atoms with Crippen LogP contribution in [0.2, 0.25) is 0 Å². The maximum absolute atomic E-state index is 15.3. The van der Waals surface area contributed by atoms with E-state index in [9.17, 15) is 28.8 Å². The number of nitrogens with zero attached hydrogens (tertiary/aromatic N) is 1. The highest BCUT2D eigenvalue weighted by Crippen LogP contribution is 2.66. The first-order chi connectivity index (χ1) is 14.0. The Kier molecular flexibility index (Phi) is 7.69. The van der Waals surface area contributed by atoms with Crippen molar-refractivity contribution < 1.29 is 60.9 Å². The number of aliphatic hydroxyl groups is 1. The van der Waals surface area contributed by atoms with Crippen LogP contribution in [0.5, 0.6) is 0 Å². The number of hydrogen-bond donors (Lipinski definition) is 6. The Morgan fingerprint density at radius 1 is 1.39 bits per heavy atom. The molecule has 0 saturated carbocycles. The van der Waals surface area contributed by atoms with Gasteiger partial charge in [-0.2, -0.15) is 4.31 Å². The molecule has 14 nitrogen and oxygen atoms in total. The molecule has 2 rings (SSSR count). The van der Waals surface area contributed by atoms with Crippen molar-refractivity contribution in [1.82, 2.24) is 10.2 Å². The predicted molar refractivity (Wildman–Crippen MR) is 102 cm³/mol. The maximum Gasteiger partial charge on any atom is 0.488 e. The first kappa shape index (κ1) is 26.2. The molecule has 0 aromatic heterocycles. The van der Waals surface area contributed by atoms with Crippen molar-refractivity contribution in [1.29, 1.82) is 0 Å². The van der Waals surface area contributed by atoms with Crippen LogP contribution in [-0.4, -0.2) is 66.2 Å². The number of nitrogens with one attached hydrogen (secondary N) is 1. The van der Waals surface area contributed by atoms with Gasteiger partial charge in [0.1, 0.15) is 18.0 Å². The van der Waals surface area contributed by atoms with Gasteiger partial charge in [-0.3, -0.25) is 4.79 Å². The molecule has 0 aromatic rings. The molecule has 2 aliphatic rings. The monoisotopic (exact) mass is 524 g/mol. The summed E-state index contributed by atoms with van der Waals surface area (Å²) < 4.78 is 55.0. The highest BCUT2D eigenvalue weighted by Gasteiger charge is 2.59. The molecule has 2 aliphatic heterocycles. The number of carbonyl (C=O) groups is 1. The molecule has 0 radical (unpaired) electrons. The van der Waals surface area contributed by atoms with Gasteiger partial charge in [0.15, 0.2) is 6.23 Å². The fraction of sp³-hybridized carbons (Fsp3) is 0.417. The summed E-state index contributed by atoms with van der Waals surface area (Å²) in [4.78, 5) is 48.4. The van der Waals surface area contributed by atoms with E-state index in [0.717, 1.165) is 17.2 Å². The van der Waals surface area contributed by atoms with E-state index in [1.54, 1.807) is 5.92 Å². The van der Waals surface area contributed by atoms with Crippen LogP contribution in [0.1, 0.15) is 0 Å². The summed E-state index contributed by atoms with van der Waals surface area (Å²) in [6.07, 6.45) is 1.87. The Labute approximate surface area is 179 Å². The van der Waals surface area contributed by atoms with E-state index in [1.165, 1.54) is 0 Å². The molecule has 1 amide bonds. The first-order valence-corrected chi connectivity index (χ1v) is 13.4. The van der Waals surface area contributed by atoms with E-state index >= 15 is 4.39 Å². The lowest BCUT2D eigenvalue weighted by Crippen LogP contribution is -2.52. The Hall–Kier alpha value is -1.01. The largest absolute Gasteiger partial charge is 0.488 e. The fourth-order valence-corrected chi connectivity index (χ4v) is 6.46. The van der Waals surface area contributed by atoms with Crippen molar-refractivity contribution in [2.75, 3.05) is 6.61 Å². The minimum Gasteiger partial charge on any atom is -0.386 e. The summed E-state index contributed by atoms with van der Waals surface area (Å²) in [5.41, 5.74) is -2.88. The van der Waals surface area contributed by atoms with Crippen LogP contribution in [0.4, 0.5) is 4.39 Å². The van der Waals surface area contributed by atoms with E-state index < -0.39 is 59.0 Å². The van der Waals surface area contributed by atoms with E-state index in [-0.39, 0.29) is 5.82 Å². The van der Waals surface area contributed by atoms with E-state index in [0.29, 0.717) is 0 Å². The van der Waals surface area contributed by atoms with Gasteiger partial charge in [-0.1, -0.05) is 12.5 Å². The average molecular weight is 524 g/mol. The van der Waals surface area contributed by atoms with Crippen LogP contribution in [-0.2, 0) is 43.6 Å². The van der Waals surface area contributed by atoms with Gasteiger partial charge >= 0.3 is 22.4 Å². The molecule has 31 heavy (non-hydrogen) atoms. The van der Waals surface area contributed by atoms with Gasteiger partial charge in [0.05, 0.1) is 6.61 Å². The SMILES string of the molecule is C#C[C@@]1(F)[C@H](O)[C@@H](CO[P@](O)(=S)OP(=O)(O)OP(=O)(O)O)O[C@H]1N1C=CC(=O)NC1=C. The second-order valence-corrected chi connectivity index (χ2v) is 11.7. The quantitative estimate of drug-likeness (QED) is 0.172. The van der Waals surface area contributed by atoms with Crippen molar-refractivity contribution in [3.8, 4) is 12.3 Å². The van der Waals surface area contributed by atoms with E-state index in [4.69, 9.17) is 25.5 Å². The van der Waals surface area contributed by atoms with Gasteiger partial charge < -0.3 is 44.2 Å². The minimum absolute atomic E-state index is 0.130. The summed E-state index contributed by atoms with van der Waals surface area (Å²) in [5, 5.41) is 12.5. The topological polar surface area (TPSA) is 205 Å². The number of amides is 1. The maximum atomic E-state index is 15.3. The first-order valence-electron chi connectivity index (χ1n) is 7.75. The highest BCUT2D eigenvalue weighted by molar-refractivity contribution is 8.08. The Morgan fingerprint density at radius 2 is 2.00 bits per heavy atom. The van der Waals surface area contributed by atoms with Crippen molar-refractivity contribution in [3.05, 3.63) is 24.7 Å². The summed E-state index contributed by atoms with van der Waals surface area (Å²) >= 11 is 4.43. The van der Waals surface area contributed by atoms with E-state index in [1.807, 2.05) is 0 Å². The smallest absolute Gasteiger partial charge is 0.386 e. The number of hydrogen-bond acceptors (Lipinski definition) is 10. The normalized spacial score (nSPS) is 32.8. The number of rotatable bonds is 8. The molecule has 174 valence electrons. The zero-order valence-corrected chi connectivity index (χ0v) is 18.5. The Morgan fingerprint density at radius 3 is 2.52 bits per heavy atom. The molecular weight excluding hydrogens is 508 g/mol. The lowest BCUT2D eigenvalue weighted by Gasteiger charge is -2.35. The van der Waals surface area contributed by atoms with Crippen LogP contribution in [0.25, 0.3) is 0 Å². The minimum atomic E-state index is -5.56. The molecule has 6 atom stereocenters. The summed E-state index contributed by atoms with van der Waals surface area (Å²) in [6.45, 7) is -2.15. The molecule has 19 heteroatoms. The number of carbonyl (C=O) groups excluding carboxylic acids is 1. The van der Waals surface area contributed by atoms with Crippen LogP contribution in [0.3, 0.4) is 0 Å². The van der Waals surface area contributed by atoms with Gasteiger partial charge in [-0.05, 0) is 11.8 Å². The third-order valence-corrected chi connectivity index (χ3v) is 8.42. The van der Waals surface area contributed by atoms with Crippen molar-refractivity contribution in [3.63, 3.8) is 0 Å². The summed E-state index contributed by atoms with van der Waals surface area (Å²) in [5.74, 6) is 1.04. The lowest BCUT2D eigenvalue weighted by molar-refractivity contribution is -0.118. The number of phosphoric acid groups is 2. The van der Waals surface area contributed by atoms with Crippen LogP contribution in [0.15, 0.2) is 24.7 Å². The third-order valence-electron chi connectivity index (χ3n) is 3.70. The fourth-order valence-electron chi connectivity index (χ4n) is 2.49. The van der Waals surface area contributed by atoms with Crippen LogP contribution < -0.4 is 5.32 Å². The molecule has 1 unspecified atom stereocenters. The molecule has 1 fully saturated rings. The molecule has 0 aromatic carbocycles. The van der Waals surface area contributed by atoms with Crippen LogP contribution in [0, 0.1) is 12.3 Å². The zero-order valence-electron chi connectivity index (χ0n) is 15.0. The second-order valence-electron chi connectivity index (χ2n) is 5.93. The lowest BCUT2D eigenvalue weighted by atomic mass is 9.96. The number of terminal acetylenes is 1. The molecule has 0 spiro atoms. The van der Waals surface area contributed by atoms with Gasteiger partial charge in [-0.25, -0.2) is 17.8 Å². The van der Waals surface area contributed by atoms with Crippen molar-refractivity contribution in [2.45, 2.75) is 24.1 Å². The van der Waals surface area contributed by atoms with Gasteiger partial charge in [0, 0.05) is 12.3 Å². The zero-order chi connectivity index (χ0) is 23.8. The number of alkyl halides is 1. The number of ether oxygens (including phenoxy) is 1. The summed E-state index contributed by atoms with van der Waals surface area (Å²) in [7, 11) is -11.1. The van der Waals surface area contributed by atoms with Crippen molar-refractivity contribution >= 4 is 40.1 Å². The van der Waals surface area contributed by atoms with Crippen molar-refractivity contribution in [2.24, 2.45) is 0 Å².